The number of anilines is 1. The second-order valence-corrected chi connectivity index (χ2v) is 4.10. The maximum Gasteiger partial charge on any atom is 0.227 e. The Morgan fingerprint density at radius 3 is 2.63 bits per heavy atom. The summed E-state index contributed by atoms with van der Waals surface area (Å²) < 4.78 is 10.1. The standard InChI is InChI=1S/C12H17ClN2O3.ClH/c1-17-9(7-14)6-12(16)15-8-3-4-11(18-2)10(13)5-8;/h3-5,9H,6-7,14H2,1-2H3,(H,15,16);1H. The second kappa shape index (κ2) is 8.98. The lowest BCUT2D eigenvalue weighted by atomic mass is 10.2. The summed E-state index contributed by atoms with van der Waals surface area (Å²) in [7, 11) is 3.05. The summed E-state index contributed by atoms with van der Waals surface area (Å²) >= 11 is 5.95. The summed E-state index contributed by atoms with van der Waals surface area (Å²) in [6.07, 6.45) is -0.0740. The van der Waals surface area contributed by atoms with Crippen molar-refractivity contribution in [3.8, 4) is 5.75 Å². The zero-order valence-electron chi connectivity index (χ0n) is 10.8. The van der Waals surface area contributed by atoms with Gasteiger partial charge < -0.3 is 20.5 Å². The lowest BCUT2D eigenvalue weighted by Gasteiger charge is -2.13. The van der Waals surface area contributed by atoms with Crippen LogP contribution >= 0.6 is 24.0 Å². The average molecular weight is 309 g/mol. The lowest BCUT2D eigenvalue weighted by Crippen LogP contribution is -2.28. The highest BCUT2D eigenvalue weighted by Crippen LogP contribution is 2.27. The average Bonchev–Trinajstić information content (AvgIpc) is 2.36. The molecule has 0 spiro atoms. The number of benzene rings is 1. The molecule has 3 N–H and O–H groups in total. The Labute approximate surface area is 123 Å². The molecule has 1 unspecified atom stereocenters. The summed E-state index contributed by atoms with van der Waals surface area (Å²) in [6.45, 7) is 0.299. The van der Waals surface area contributed by atoms with Gasteiger partial charge in [0.25, 0.3) is 0 Å². The van der Waals surface area contributed by atoms with Crippen LogP contribution in [0.4, 0.5) is 5.69 Å². The molecule has 1 atom stereocenters. The van der Waals surface area contributed by atoms with Crippen molar-refractivity contribution in [3.05, 3.63) is 23.2 Å². The van der Waals surface area contributed by atoms with E-state index in [1.165, 1.54) is 14.2 Å². The summed E-state index contributed by atoms with van der Waals surface area (Å²) in [5.41, 5.74) is 6.05. The molecule has 0 saturated carbocycles. The highest BCUT2D eigenvalue weighted by molar-refractivity contribution is 6.32. The van der Waals surface area contributed by atoms with Crippen molar-refractivity contribution in [2.45, 2.75) is 12.5 Å². The predicted octanol–water partition coefficient (Wildman–Crippen LogP) is 2.07. The first-order valence-corrected chi connectivity index (χ1v) is 5.84. The molecule has 0 fully saturated rings. The molecule has 108 valence electrons. The number of carbonyl (C=O) groups excluding carboxylic acids is 1. The molecule has 0 bridgehead atoms. The summed E-state index contributed by atoms with van der Waals surface area (Å²) in [6, 6.07) is 5.03. The summed E-state index contributed by atoms with van der Waals surface area (Å²) in [4.78, 5) is 11.7. The highest BCUT2D eigenvalue weighted by atomic mass is 35.5. The molecule has 0 saturated heterocycles. The Morgan fingerprint density at radius 2 is 2.16 bits per heavy atom. The smallest absolute Gasteiger partial charge is 0.227 e. The van der Waals surface area contributed by atoms with Gasteiger partial charge in [-0.25, -0.2) is 0 Å². The molecule has 1 rings (SSSR count). The minimum atomic E-state index is -0.279. The third-order valence-corrected chi connectivity index (χ3v) is 2.74. The maximum atomic E-state index is 11.7. The number of halogens is 2. The van der Waals surface area contributed by atoms with Gasteiger partial charge in [-0.05, 0) is 18.2 Å². The van der Waals surface area contributed by atoms with Crippen LogP contribution in [0.2, 0.25) is 5.02 Å². The lowest BCUT2D eigenvalue weighted by molar-refractivity contribution is -0.118. The van der Waals surface area contributed by atoms with E-state index in [1.807, 2.05) is 0 Å². The van der Waals surface area contributed by atoms with Crippen molar-refractivity contribution in [1.82, 2.24) is 0 Å². The minimum Gasteiger partial charge on any atom is -0.495 e. The number of amides is 1. The fourth-order valence-electron chi connectivity index (χ4n) is 1.43. The Balaban J connectivity index is 0.00000324. The van der Waals surface area contributed by atoms with Crippen LogP contribution in [0, 0.1) is 0 Å². The van der Waals surface area contributed by atoms with E-state index in [9.17, 15) is 4.79 Å². The molecule has 1 aromatic rings. The van der Waals surface area contributed by atoms with Crippen LogP contribution in [0.1, 0.15) is 6.42 Å². The largest absolute Gasteiger partial charge is 0.495 e. The molecule has 1 amide bonds. The van der Waals surface area contributed by atoms with Gasteiger partial charge in [-0.3, -0.25) is 4.79 Å². The Morgan fingerprint density at radius 1 is 1.47 bits per heavy atom. The molecular weight excluding hydrogens is 291 g/mol. The van der Waals surface area contributed by atoms with Crippen molar-refractivity contribution in [2.24, 2.45) is 5.73 Å². The molecule has 0 aliphatic carbocycles. The van der Waals surface area contributed by atoms with Crippen LogP contribution in [0.25, 0.3) is 0 Å². The number of nitrogens with one attached hydrogen (secondary N) is 1. The van der Waals surface area contributed by atoms with Crippen LogP contribution in [-0.4, -0.2) is 32.8 Å². The minimum absolute atomic E-state index is 0. The van der Waals surface area contributed by atoms with Crippen LogP contribution in [0.3, 0.4) is 0 Å². The highest BCUT2D eigenvalue weighted by Gasteiger charge is 2.12. The van der Waals surface area contributed by atoms with E-state index in [0.717, 1.165) is 0 Å². The molecular formula is C12H18Cl2N2O3. The van der Waals surface area contributed by atoms with Crippen molar-refractivity contribution in [2.75, 3.05) is 26.1 Å². The molecule has 19 heavy (non-hydrogen) atoms. The van der Waals surface area contributed by atoms with Crippen LogP contribution in [0.5, 0.6) is 5.75 Å². The van der Waals surface area contributed by atoms with E-state index >= 15 is 0 Å². The molecule has 0 aliphatic heterocycles. The summed E-state index contributed by atoms with van der Waals surface area (Å²) in [5.74, 6) is 0.389. The first-order valence-electron chi connectivity index (χ1n) is 5.47. The molecule has 5 nitrogen and oxygen atoms in total. The van der Waals surface area contributed by atoms with Gasteiger partial charge in [-0.2, -0.15) is 0 Å². The van der Waals surface area contributed by atoms with Gasteiger partial charge in [0.15, 0.2) is 0 Å². The normalized spacial score (nSPS) is 11.4. The van der Waals surface area contributed by atoms with E-state index < -0.39 is 0 Å². The van der Waals surface area contributed by atoms with Gasteiger partial charge in [0.2, 0.25) is 5.91 Å². The van der Waals surface area contributed by atoms with Crippen LogP contribution in [0.15, 0.2) is 18.2 Å². The summed E-state index contributed by atoms with van der Waals surface area (Å²) in [5, 5.41) is 3.16. The van der Waals surface area contributed by atoms with E-state index in [1.54, 1.807) is 18.2 Å². The van der Waals surface area contributed by atoms with Gasteiger partial charge >= 0.3 is 0 Å². The Bertz CT molecular complexity index is 412. The third-order valence-electron chi connectivity index (χ3n) is 2.44. The third kappa shape index (κ3) is 5.65. The van der Waals surface area contributed by atoms with Crippen LogP contribution in [-0.2, 0) is 9.53 Å². The fraction of sp³-hybridized carbons (Fsp3) is 0.417. The Kier molecular flexibility index (Phi) is 8.51. The van der Waals surface area contributed by atoms with E-state index in [-0.39, 0.29) is 30.8 Å². The molecule has 1 aromatic carbocycles. The predicted molar refractivity (Wildman–Crippen MR) is 78.4 cm³/mol. The van der Waals surface area contributed by atoms with Gasteiger partial charge in [0.1, 0.15) is 5.75 Å². The fourth-order valence-corrected chi connectivity index (χ4v) is 1.68. The zero-order valence-corrected chi connectivity index (χ0v) is 12.4. The van der Waals surface area contributed by atoms with Crippen molar-refractivity contribution >= 4 is 35.6 Å². The molecule has 7 heteroatoms. The second-order valence-electron chi connectivity index (χ2n) is 3.70. The first kappa shape index (κ1) is 18.0. The van der Waals surface area contributed by atoms with Crippen LogP contribution < -0.4 is 15.8 Å². The van der Waals surface area contributed by atoms with Gasteiger partial charge in [0.05, 0.1) is 24.7 Å². The van der Waals surface area contributed by atoms with E-state index in [2.05, 4.69) is 5.32 Å². The number of carbonyl (C=O) groups is 1. The number of hydrogen-bond donors (Lipinski definition) is 2. The first-order chi connectivity index (χ1) is 8.60. The van der Waals surface area contributed by atoms with E-state index in [4.69, 9.17) is 26.8 Å². The number of ether oxygens (including phenoxy) is 2. The van der Waals surface area contributed by atoms with Gasteiger partial charge in [-0.1, -0.05) is 11.6 Å². The monoisotopic (exact) mass is 308 g/mol. The molecule has 0 aliphatic rings. The van der Waals surface area contributed by atoms with Gasteiger partial charge in [0, 0.05) is 19.3 Å². The molecule has 0 radical (unpaired) electrons. The topological polar surface area (TPSA) is 73.6 Å². The molecule has 0 aromatic heterocycles. The number of methoxy groups -OCH3 is 2. The molecule has 0 heterocycles. The Hall–Kier alpha value is -1.01. The van der Waals surface area contributed by atoms with Crippen molar-refractivity contribution < 1.29 is 14.3 Å². The van der Waals surface area contributed by atoms with E-state index in [0.29, 0.717) is 23.0 Å². The maximum absolute atomic E-state index is 11.7. The number of hydrogen-bond acceptors (Lipinski definition) is 4. The zero-order chi connectivity index (χ0) is 13.5. The van der Waals surface area contributed by atoms with Crippen molar-refractivity contribution in [3.63, 3.8) is 0 Å². The number of nitrogens with two attached hydrogens (primary N) is 1. The SMILES string of the molecule is COc1ccc(NC(=O)CC(CN)OC)cc1Cl.Cl. The van der Waals surface area contributed by atoms with Crippen molar-refractivity contribution in [1.29, 1.82) is 0 Å². The number of rotatable bonds is 6. The van der Waals surface area contributed by atoms with Gasteiger partial charge in [-0.15, -0.1) is 12.4 Å². The quantitative estimate of drug-likeness (QED) is 0.844.